The summed E-state index contributed by atoms with van der Waals surface area (Å²) in [5.41, 5.74) is 1.75. The van der Waals surface area contributed by atoms with Crippen molar-refractivity contribution in [2.45, 2.75) is 78.4 Å². The predicted molar refractivity (Wildman–Crippen MR) is 131 cm³/mol. The Morgan fingerprint density at radius 3 is 2.67 bits per heavy atom. The van der Waals surface area contributed by atoms with Gasteiger partial charge in [0.1, 0.15) is 0 Å². The Bertz CT molecular complexity index is 951. The van der Waals surface area contributed by atoms with E-state index in [9.17, 15) is 14.7 Å². The molecule has 0 spiro atoms. The fourth-order valence-electron chi connectivity index (χ4n) is 7.32. The molecule has 0 aliphatic heterocycles. The summed E-state index contributed by atoms with van der Waals surface area (Å²) in [6, 6.07) is 10.0. The number of aliphatic hydroxyl groups excluding tert-OH is 1. The number of allylic oxidation sites excluding steroid dienone is 4. The van der Waals surface area contributed by atoms with Crippen LogP contribution in [0.4, 0.5) is 0 Å². The van der Waals surface area contributed by atoms with Crippen LogP contribution in [0, 0.1) is 28.6 Å². The van der Waals surface area contributed by atoms with Crippen LogP contribution in [-0.2, 0) is 9.59 Å². The molecule has 0 radical (unpaired) electrons. The minimum Gasteiger partial charge on any atom is -0.393 e. The zero-order valence-corrected chi connectivity index (χ0v) is 20.5. The van der Waals surface area contributed by atoms with Crippen LogP contribution < -0.4 is 5.32 Å². The Hall–Kier alpha value is -2.20. The highest BCUT2D eigenvalue weighted by atomic mass is 16.3. The first-order valence-electron chi connectivity index (χ1n) is 12.6. The van der Waals surface area contributed by atoms with E-state index in [-0.39, 0.29) is 34.5 Å². The summed E-state index contributed by atoms with van der Waals surface area (Å²) in [6.45, 7) is 8.65. The molecule has 178 valence electrons. The summed E-state index contributed by atoms with van der Waals surface area (Å²) < 4.78 is 0. The van der Waals surface area contributed by atoms with E-state index < -0.39 is 6.10 Å². The highest BCUT2D eigenvalue weighted by molar-refractivity contribution is 6.01. The molecule has 2 saturated carbocycles. The molecule has 3 aliphatic rings. The van der Waals surface area contributed by atoms with Crippen molar-refractivity contribution in [3.63, 3.8) is 0 Å². The van der Waals surface area contributed by atoms with Crippen molar-refractivity contribution >= 4 is 11.7 Å². The molecule has 1 amide bonds. The van der Waals surface area contributed by atoms with Crippen LogP contribution in [0.25, 0.3) is 0 Å². The largest absolute Gasteiger partial charge is 0.393 e. The third-order valence-electron chi connectivity index (χ3n) is 8.85. The van der Waals surface area contributed by atoms with E-state index >= 15 is 0 Å². The van der Waals surface area contributed by atoms with Crippen LogP contribution in [0.3, 0.4) is 0 Å². The summed E-state index contributed by atoms with van der Waals surface area (Å²) in [5.74, 6) is 0.936. The molecule has 1 aromatic carbocycles. The Kier molecular flexibility index (Phi) is 6.68. The summed E-state index contributed by atoms with van der Waals surface area (Å²) >= 11 is 0. The van der Waals surface area contributed by atoms with E-state index in [1.165, 1.54) is 5.57 Å². The number of fused-ring (bicyclic) bond motifs is 3. The van der Waals surface area contributed by atoms with Gasteiger partial charge in [-0.3, -0.25) is 9.59 Å². The average molecular weight is 450 g/mol. The van der Waals surface area contributed by atoms with Gasteiger partial charge in [-0.05, 0) is 67.6 Å². The van der Waals surface area contributed by atoms with Crippen molar-refractivity contribution in [2.75, 3.05) is 0 Å². The first kappa shape index (κ1) is 23.9. The Balaban J connectivity index is 1.56. The summed E-state index contributed by atoms with van der Waals surface area (Å²) in [5, 5.41) is 14.7. The molecule has 0 heterocycles. The van der Waals surface area contributed by atoms with Crippen LogP contribution in [0.1, 0.15) is 77.8 Å². The molecule has 0 saturated heterocycles. The van der Waals surface area contributed by atoms with Gasteiger partial charge in [0.2, 0.25) is 5.91 Å². The van der Waals surface area contributed by atoms with Crippen molar-refractivity contribution in [2.24, 2.45) is 28.6 Å². The number of nitrogens with one attached hydrogen (secondary N) is 1. The molecule has 33 heavy (non-hydrogen) atoms. The Morgan fingerprint density at radius 1 is 1.24 bits per heavy atom. The summed E-state index contributed by atoms with van der Waals surface area (Å²) in [7, 11) is 0. The molecule has 4 heteroatoms. The fourth-order valence-corrected chi connectivity index (χ4v) is 7.32. The van der Waals surface area contributed by atoms with Crippen molar-refractivity contribution in [1.29, 1.82) is 0 Å². The molecule has 4 nitrogen and oxygen atoms in total. The minimum absolute atomic E-state index is 0.0422. The Labute approximate surface area is 198 Å². The molecule has 0 aromatic heterocycles. The van der Waals surface area contributed by atoms with Gasteiger partial charge in [0.15, 0.2) is 5.78 Å². The lowest BCUT2D eigenvalue weighted by Gasteiger charge is -2.59. The van der Waals surface area contributed by atoms with E-state index in [0.717, 1.165) is 31.2 Å². The number of rotatable bonds is 6. The second-order valence-electron chi connectivity index (χ2n) is 11.1. The van der Waals surface area contributed by atoms with Gasteiger partial charge in [-0.2, -0.15) is 0 Å². The quantitative estimate of drug-likeness (QED) is 0.599. The fraction of sp³-hybridized carbons (Fsp3) is 0.586. The standard InChI is InChI=1S/C29H39NO3/c1-5-9-24-23-13-12-21-16-22(31)14-15-29(21,4)27(23)25(32)17-28(24,3)18-26(33)30-19(2)20-10-7-6-8-11-20/h6-8,10-11,14-16,19,23-25,27,32H,5,9,12-13,17-18H2,1-4H3,(H,30,33)/t19-,23?,24?,25-,27?,28?,29?/m0/s1. The van der Waals surface area contributed by atoms with E-state index in [0.29, 0.717) is 24.7 Å². The number of amides is 1. The first-order chi connectivity index (χ1) is 15.7. The number of carbonyl (C=O) groups is 2. The van der Waals surface area contributed by atoms with Gasteiger partial charge >= 0.3 is 0 Å². The SMILES string of the molecule is CCCC1C2CCC3=CC(=O)C=CC3(C)C2[C@@H](O)CC1(C)CC(=O)N[C@@H](C)c1ccccc1. The van der Waals surface area contributed by atoms with Crippen LogP contribution in [0.2, 0.25) is 0 Å². The van der Waals surface area contributed by atoms with Gasteiger partial charge < -0.3 is 10.4 Å². The Morgan fingerprint density at radius 2 is 1.97 bits per heavy atom. The second kappa shape index (κ2) is 9.21. The molecule has 2 fully saturated rings. The van der Waals surface area contributed by atoms with Crippen LogP contribution in [0.15, 0.2) is 54.1 Å². The minimum atomic E-state index is -0.487. The van der Waals surface area contributed by atoms with Crippen LogP contribution >= 0.6 is 0 Å². The maximum absolute atomic E-state index is 13.2. The van der Waals surface area contributed by atoms with Crippen molar-refractivity contribution in [1.82, 2.24) is 5.32 Å². The number of benzene rings is 1. The smallest absolute Gasteiger partial charge is 0.221 e. The lowest BCUT2D eigenvalue weighted by atomic mass is 9.46. The lowest BCUT2D eigenvalue weighted by Crippen LogP contribution is -2.56. The number of aliphatic hydroxyl groups is 1. The number of hydrogen-bond acceptors (Lipinski definition) is 3. The van der Waals surface area contributed by atoms with E-state index in [1.54, 1.807) is 12.2 Å². The lowest BCUT2D eigenvalue weighted by molar-refractivity contribution is -0.139. The summed E-state index contributed by atoms with van der Waals surface area (Å²) in [6.07, 6.45) is 10.1. The highest BCUT2D eigenvalue weighted by Gasteiger charge is 2.57. The zero-order valence-electron chi connectivity index (χ0n) is 20.5. The molecule has 4 rings (SSSR count). The molecular weight excluding hydrogens is 410 g/mol. The van der Waals surface area contributed by atoms with E-state index in [2.05, 4.69) is 26.1 Å². The molecule has 5 unspecified atom stereocenters. The average Bonchev–Trinajstić information content (AvgIpc) is 2.76. The number of carbonyl (C=O) groups excluding carboxylic acids is 2. The maximum Gasteiger partial charge on any atom is 0.221 e. The van der Waals surface area contributed by atoms with Crippen LogP contribution in [0.5, 0.6) is 0 Å². The van der Waals surface area contributed by atoms with Crippen LogP contribution in [-0.4, -0.2) is 22.9 Å². The normalized spacial score (nSPS) is 36.4. The van der Waals surface area contributed by atoms with Gasteiger partial charge in [0.25, 0.3) is 0 Å². The van der Waals surface area contributed by atoms with Crippen molar-refractivity contribution in [3.8, 4) is 0 Å². The maximum atomic E-state index is 13.2. The van der Waals surface area contributed by atoms with Gasteiger partial charge in [0.05, 0.1) is 12.1 Å². The van der Waals surface area contributed by atoms with Crippen molar-refractivity contribution < 1.29 is 14.7 Å². The first-order valence-corrected chi connectivity index (χ1v) is 12.6. The highest BCUT2D eigenvalue weighted by Crippen LogP contribution is 2.62. The second-order valence-corrected chi connectivity index (χ2v) is 11.1. The van der Waals surface area contributed by atoms with Gasteiger partial charge in [-0.15, -0.1) is 0 Å². The topological polar surface area (TPSA) is 66.4 Å². The third kappa shape index (κ3) is 4.47. The van der Waals surface area contributed by atoms with Gasteiger partial charge in [-0.25, -0.2) is 0 Å². The molecule has 7 atom stereocenters. The summed E-state index contributed by atoms with van der Waals surface area (Å²) in [4.78, 5) is 25.2. The monoisotopic (exact) mass is 449 g/mol. The van der Waals surface area contributed by atoms with Gasteiger partial charge in [0, 0.05) is 17.8 Å². The zero-order chi connectivity index (χ0) is 23.8. The van der Waals surface area contributed by atoms with Crippen molar-refractivity contribution in [3.05, 3.63) is 59.7 Å². The predicted octanol–water partition coefficient (Wildman–Crippen LogP) is 5.54. The van der Waals surface area contributed by atoms with E-state index in [4.69, 9.17) is 0 Å². The molecule has 1 aromatic rings. The van der Waals surface area contributed by atoms with E-state index in [1.807, 2.05) is 43.3 Å². The molecule has 3 aliphatic carbocycles. The number of hydrogen-bond donors (Lipinski definition) is 2. The molecule has 2 N–H and O–H groups in total. The van der Waals surface area contributed by atoms with Gasteiger partial charge in [-0.1, -0.05) is 69.2 Å². The molecular formula is C29H39NO3. The third-order valence-corrected chi connectivity index (χ3v) is 8.85. The number of ketones is 1. The molecule has 0 bridgehead atoms.